The number of thiazole rings is 1. The van der Waals surface area contributed by atoms with Crippen LogP contribution in [0.25, 0.3) is 11.3 Å². The molecule has 0 bridgehead atoms. The fraction of sp³-hybridized carbons (Fsp3) is 0.0588. The number of carbonyl (C=O) groups is 1. The molecule has 0 radical (unpaired) electrons. The quantitative estimate of drug-likeness (QED) is 0.442. The Bertz CT molecular complexity index is 989. The Morgan fingerprint density at radius 3 is 2.63 bits per heavy atom. The highest BCUT2D eigenvalue weighted by molar-refractivity contribution is 7.14. The van der Waals surface area contributed by atoms with Gasteiger partial charge in [0.2, 0.25) is 0 Å². The van der Waals surface area contributed by atoms with Crippen LogP contribution >= 0.6 is 34.5 Å². The summed E-state index contributed by atoms with van der Waals surface area (Å²) in [7, 11) is 0. The van der Waals surface area contributed by atoms with Gasteiger partial charge in [-0.05, 0) is 12.1 Å². The largest absolute Gasteiger partial charge is 0.481 e. The van der Waals surface area contributed by atoms with Crippen LogP contribution in [0.4, 0.5) is 10.8 Å². The molecule has 0 aliphatic carbocycles. The van der Waals surface area contributed by atoms with Crippen LogP contribution in [0, 0.1) is 10.1 Å². The number of anilines is 1. The molecular weight excluding hydrogens is 413 g/mol. The van der Waals surface area contributed by atoms with Crippen LogP contribution in [-0.2, 0) is 4.79 Å². The number of amides is 1. The maximum Gasteiger partial charge on any atom is 0.270 e. The number of non-ortho nitro benzene ring substituents is 1. The number of para-hydroxylation sites is 1. The Balaban J connectivity index is 1.64. The molecule has 1 amide bonds. The van der Waals surface area contributed by atoms with Crippen LogP contribution in [0.3, 0.4) is 0 Å². The number of benzene rings is 2. The van der Waals surface area contributed by atoms with Gasteiger partial charge in [-0.2, -0.15) is 0 Å². The van der Waals surface area contributed by atoms with E-state index < -0.39 is 10.8 Å². The molecule has 27 heavy (non-hydrogen) atoms. The van der Waals surface area contributed by atoms with E-state index in [1.807, 2.05) is 0 Å². The number of aromatic nitrogens is 1. The summed E-state index contributed by atoms with van der Waals surface area (Å²) in [6.45, 7) is -0.296. The summed E-state index contributed by atoms with van der Waals surface area (Å²) < 4.78 is 5.36. The minimum atomic E-state index is -0.476. The Labute approximate surface area is 167 Å². The Morgan fingerprint density at radius 2 is 1.93 bits per heavy atom. The summed E-state index contributed by atoms with van der Waals surface area (Å²) in [5, 5.41) is 16.1. The Kier molecular flexibility index (Phi) is 5.90. The van der Waals surface area contributed by atoms with E-state index in [4.69, 9.17) is 27.9 Å². The fourth-order valence-electron chi connectivity index (χ4n) is 2.16. The SMILES string of the molecule is O=C(COc1c(Cl)cccc1Cl)Nc1nc(-c2cccc([N+](=O)[O-])c2)cs1. The molecule has 0 saturated carbocycles. The van der Waals surface area contributed by atoms with Crippen molar-refractivity contribution in [2.24, 2.45) is 0 Å². The molecule has 0 aliphatic rings. The molecule has 0 fully saturated rings. The number of hydrogen-bond acceptors (Lipinski definition) is 6. The molecule has 1 heterocycles. The van der Waals surface area contributed by atoms with Crippen LogP contribution in [0.15, 0.2) is 47.8 Å². The monoisotopic (exact) mass is 423 g/mol. The zero-order chi connectivity index (χ0) is 19.4. The average molecular weight is 424 g/mol. The topological polar surface area (TPSA) is 94.4 Å². The van der Waals surface area contributed by atoms with Crippen molar-refractivity contribution >= 4 is 51.3 Å². The van der Waals surface area contributed by atoms with Crippen LogP contribution in [0.1, 0.15) is 0 Å². The molecule has 2 aromatic carbocycles. The van der Waals surface area contributed by atoms with Crippen LogP contribution in [-0.4, -0.2) is 22.4 Å². The van der Waals surface area contributed by atoms with E-state index in [0.29, 0.717) is 26.4 Å². The fourth-order valence-corrected chi connectivity index (χ4v) is 3.40. The molecule has 1 N–H and O–H groups in total. The predicted octanol–water partition coefficient (Wildman–Crippen LogP) is 5.04. The van der Waals surface area contributed by atoms with Gasteiger partial charge in [0.05, 0.1) is 20.7 Å². The van der Waals surface area contributed by atoms with E-state index in [1.54, 1.807) is 35.7 Å². The number of halogens is 2. The van der Waals surface area contributed by atoms with Crippen molar-refractivity contribution < 1.29 is 14.5 Å². The Morgan fingerprint density at radius 1 is 1.22 bits per heavy atom. The highest BCUT2D eigenvalue weighted by Gasteiger charge is 2.13. The molecule has 0 unspecified atom stereocenters. The average Bonchev–Trinajstić information content (AvgIpc) is 3.10. The number of rotatable bonds is 6. The first kappa shape index (κ1) is 19.1. The van der Waals surface area contributed by atoms with Gasteiger partial charge in [0.1, 0.15) is 0 Å². The van der Waals surface area contributed by atoms with Crippen molar-refractivity contribution in [2.75, 3.05) is 11.9 Å². The molecule has 1 aromatic heterocycles. The van der Waals surface area contributed by atoms with Crippen molar-refractivity contribution in [3.63, 3.8) is 0 Å². The van der Waals surface area contributed by atoms with Gasteiger partial charge in [-0.25, -0.2) is 4.98 Å². The van der Waals surface area contributed by atoms with E-state index in [9.17, 15) is 14.9 Å². The molecular formula is C17H11Cl2N3O4S. The second kappa shape index (κ2) is 8.34. The first-order valence-electron chi connectivity index (χ1n) is 7.51. The Hall–Kier alpha value is -2.68. The predicted molar refractivity (Wildman–Crippen MR) is 105 cm³/mol. The first-order chi connectivity index (χ1) is 12.9. The highest BCUT2D eigenvalue weighted by Crippen LogP contribution is 2.32. The van der Waals surface area contributed by atoms with Crippen LogP contribution in [0.5, 0.6) is 5.75 Å². The van der Waals surface area contributed by atoms with Crippen molar-refractivity contribution in [3.05, 3.63) is 68.0 Å². The summed E-state index contributed by atoms with van der Waals surface area (Å²) >= 11 is 13.2. The van der Waals surface area contributed by atoms with E-state index in [-0.39, 0.29) is 18.0 Å². The van der Waals surface area contributed by atoms with Crippen molar-refractivity contribution in [1.29, 1.82) is 0 Å². The third kappa shape index (κ3) is 4.73. The summed E-state index contributed by atoms with van der Waals surface area (Å²) in [4.78, 5) is 26.7. The number of hydrogen-bond donors (Lipinski definition) is 1. The van der Waals surface area contributed by atoms with Crippen LogP contribution in [0.2, 0.25) is 10.0 Å². The summed E-state index contributed by atoms with van der Waals surface area (Å²) in [6, 6.07) is 11.0. The third-order valence-corrected chi connectivity index (χ3v) is 4.72. The highest BCUT2D eigenvalue weighted by atomic mass is 35.5. The normalized spacial score (nSPS) is 10.4. The van der Waals surface area contributed by atoms with E-state index in [0.717, 1.165) is 0 Å². The van der Waals surface area contributed by atoms with Gasteiger partial charge in [-0.1, -0.05) is 41.4 Å². The van der Waals surface area contributed by atoms with Gasteiger partial charge >= 0.3 is 0 Å². The first-order valence-corrected chi connectivity index (χ1v) is 9.14. The summed E-state index contributed by atoms with van der Waals surface area (Å²) in [5.41, 5.74) is 1.07. The molecule has 3 rings (SSSR count). The second-order valence-corrected chi connectivity index (χ2v) is 6.91. The molecule has 10 heteroatoms. The van der Waals surface area contributed by atoms with Gasteiger partial charge in [0.25, 0.3) is 11.6 Å². The maximum absolute atomic E-state index is 12.1. The van der Waals surface area contributed by atoms with Crippen molar-refractivity contribution in [2.45, 2.75) is 0 Å². The van der Waals surface area contributed by atoms with E-state index in [2.05, 4.69) is 10.3 Å². The zero-order valence-corrected chi connectivity index (χ0v) is 15.8. The summed E-state index contributed by atoms with van der Waals surface area (Å²) in [5.74, 6) is -0.210. The lowest BCUT2D eigenvalue weighted by molar-refractivity contribution is -0.384. The summed E-state index contributed by atoms with van der Waals surface area (Å²) in [6.07, 6.45) is 0. The van der Waals surface area contributed by atoms with Gasteiger partial charge in [0.15, 0.2) is 17.5 Å². The zero-order valence-electron chi connectivity index (χ0n) is 13.5. The maximum atomic E-state index is 12.1. The third-order valence-electron chi connectivity index (χ3n) is 3.37. The number of carbonyl (C=O) groups excluding carboxylic acids is 1. The molecule has 7 nitrogen and oxygen atoms in total. The molecule has 0 saturated heterocycles. The number of nitro benzene ring substituents is 1. The second-order valence-electron chi connectivity index (χ2n) is 5.23. The van der Waals surface area contributed by atoms with Gasteiger partial charge < -0.3 is 4.74 Å². The van der Waals surface area contributed by atoms with E-state index >= 15 is 0 Å². The molecule has 138 valence electrons. The minimum absolute atomic E-state index is 0.0314. The lowest BCUT2D eigenvalue weighted by Crippen LogP contribution is -2.20. The molecule has 0 atom stereocenters. The van der Waals surface area contributed by atoms with Gasteiger partial charge in [-0.3, -0.25) is 20.2 Å². The van der Waals surface area contributed by atoms with E-state index in [1.165, 1.54) is 23.5 Å². The minimum Gasteiger partial charge on any atom is -0.481 e. The smallest absolute Gasteiger partial charge is 0.270 e. The van der Waals surface area contributed by atoms with Crippen molar-refractivity contribution in [3.8, 4) is 17.0 Å². The lowest BCUT2D eigenvalue weighted by atomic mass is 10.1. The molecule has 0 aliphatic heterocycles. The van der Waals surface area contributed by atoms with Gasteiger partial charge in [-0.15, -0.1) is 11.3 Å². The number of nitro groups is 1. The van der Waals surface area contributed by atoms with Crippen LogP contribution < -0.4 is 10.1 Å². The number of nitrogens with one attached hydrogen (secondary N) is 1. The molecule has 3 aromatic rings. The standard InChI is InChI=1S/C17H11Cl2N3O4S/c18-12-5-2-6-13(19)16(12)26-8-15(23)21-17-20-14(9-27-17)10-3-1-4-11(7-10)22(24)25/h1-7,9H,8H2,(H,20,21,23). The van der Waals surface area contributed by atoms with Crippen molar-refractivity contribution in [1.82, 2.24) is 4.98 Å². The number of nitrogens with zero attached hydrogens (tertiary/aromatic N) is 2. The number of ether oxygens (including phenoxy) is 1. The molecule has 0 spiro atoms. The van der Waals surface area contributed by atoms with Gasteiger partial charge in [0, 0.05) is 23.1 Å². The lowest BCUT2D eigenvalue weighted by Gasteiger charge is -2.09.